The number of benzene rings is 2. The van der Waals surface area contributed by atoms with Crippen LogP contribution in [0.15, 0.2) is 53.3 Å². The smallest absolute Gasteiger partial charge is 0.317 e. The van der Waals surface area contributed by atoms with E-state index in [-0.39, 0.29) is 17.6 Å². The molecule has 0 bridgehead atoms. The molecule has 5 nitrogen and oxygen atoms in total. The van der Waals surface area contributed by atoms with Crippen LogP contribution >= 0.6 is 0 Å². The lowest BCUT2D eigenvalue weighted by Crippen LogP contribution is -2.46. The summed E-state index contributed by atoms with van der Waals surface area (Å²) in [6.07, 6.45) is 6.40. The zero-order valence-electron chi connectivity index (χ0n) is 19.1. The standard InChI is InChI=1S/C27H33N3O2/c1-19-8-6-10-21(16-19)14-15-30(27(32)28-24-12-4-3-5-13-24)18-23-17-22-11-7-9-20(2)25(22)29-26(23)31/h6-11,16-17,24H,3-5,12-15,18H2,1-2H3,(H,28,32)(H,29,31). The van der Waals surface area contributed by atoms with E-state index in [1.807, 2.05) is 37.3 Å². The highest BCUT2D eigenvalue weighted by Gasteiger charge is 2.21. The Labute approximate surface area is 189 Å². The lowest BCUT2D eigenvalue weighted by molar-refractivity contribution is 0.187. The number of fused-ring (bicyclic) bond motifs is 1. The van der Waals surface area contributed by atoms with Crippen LogP contribution in [0.3, 0.4) is 0 Å². The fourth-order valence-corrected chi connectivity index (χ4v) is 4.65. The van der Waals surface area contributed by atoms with E-state index in [1.54, 1.807) is 4.90 Å². The number of carbonyl (C=O) groups is 1. The van der Waals surface area contributed by atoms with Gasteiger partial charge in [-0.1, -0.05) is 67.3 Å². The number of pyridine rings is 1. The molecule has 1 fully saturated rings. The maximum absolute atomic E-state index is 13.2. The number of carbonyl (C=O) groups excluding carboxylic acids is 1. The van der Waals surface area contributed by atoms with E-state index in [4.69, 9.17) is 0 Å². The van der Waals surface area contributed by atoms with Crippen molar-refractivity contribution in [1.29, 1.82) is 0 Å². The summed E-state index contributed by atoms with van der Waals surface area (Å²) >= 11 is 0. The van der Waals surface area contributed by atoms with Crippen LogP contribution in [0, 0.1) is 13.8 Å². The molecule has 2 aromatic carbocycles. The third-order valence-electron chi connectivity index (χ3n) is 6.50. The summed E-state index contributed by atoms with van der Waals surface area (Å²) in [6.45, 7) is 4.92. The van der Waals surface area contributed by atoms with Crippen LogP contribution in [0.4, 0.5) is 4.79 Å². The largest absolute Gasteiger partial charge is 0.335 e. The van der Waals surface area contributed by atoms with Crippen molar-refractivity contribution in [2.45, 2.75) is 65.0 Å². The number of aryl methyl sites for hydroxylation is 2. The first kappa shape index (κ1) is 22.1. The molecule has 1 saturated carbocycles. The molecule has 1 aromatic heterocycles. The molecule has 4 rings (SSSR count). The van der Waals surface area contributed by atoms with Gasteiger partial charge >= 0.3 is 6.03 Å². The monoisotopic (exact) mass is 431 g/mol. The molecule has 0 atom stereocenters. The quantitative estimate of drug-likeness (QED) is 0.561. The van der Waals surface area contributed by atoms with Gasteiger partial charge in [0.1, 0.15) is 0 Å². The first-order valence-electron chi connectivity index (χ1n) is 11.7. The summed E-state index contributed by atoms with van der Waals surface area (Å²) in [5.41, 5.74) is 4.80. The molecule has 0 unspecified atom stereocenters. The Morgan fingerprint density at radius 3 is 2.62 bits per heavy atom. The first-order chi connectivity index (χ1) is 15.5. The van der Waals surface area contributed by atoms with Crippen LogP contribution in [0.1, 0.15) is 54.4 Å². The molecule has 5 heteroatoms. The van der Waals surface area contributed by atoms with E-state index >= 15 is 0 Å². The SMILES string of the molecule is Cc1cccc(CCN(Cc2cc3cccc(C)c3[nH]c2=O)C(=O)NC2CCCCC2)c1. The lowest BCUT2D eigenvalue weighted by atomic mass is 9.96. The molecule has 1 heterocycles. The van der Waals surface area contributed by atoms with E-state index in [2.05, 4.69) is 35.4 Å². The van der Waals surface area contributed by atoms with Crippen molar-refractivity contribution >= 4 is 16.9 Å². The summed E-state index contributed by atoms with van der Waals surface area (Å²) in [4.78, 5) is 30.9. The van der Waals surface area contributed by atoms with Crippen molar-refractivity contribution in [1.82, 2.24) is 15.2 Å². The molecule has 1 aliphatic carbocycles. The number of para-hydroxylation sites is 1. The zero-order chi connectivity index (χ0) is 22.5. The van der Waals surface area contributed by atoms with Crippen LogP contribution in [-0.4, -0.2) is 28.5 Å². The van der Waals surface area contributed by atoms with Gasteiger partial charge in [0.2, 0.25) is 0 Å². The van der Waals surface area contributed by atoms with Crippen LogP contribution < -0.4 is 10.9 Å². The second-order valence-corrected chi connectivity index (χ2v) is 9.11. The van der Waals surface area contributed by atoms with E-state index < -0.39 is 0 Å². The maximum Gasteiger partial charge on any atom is 0.317 e. The average molecular weight is 432 g/mol. The number of urea groups is 1. The molecule has 0 aliphatic heterocycles. The van der Waals surface area contributed by atoms with Crippen molar-refractivity contribution in [3.8, 4) is 0 Å². The minimum atomic E-state index is -0.127. The summed E-state index contributed by atoms with van der Waals surface area (Å²) in [7, 11) is 0. The highest BCUT2D eigenvalue weighted by Crippen LogP contribution is 2.19. The number of hydrogen-bond acceptors (Lipinski definition) is 2. The molecule has 0 spiro atoms. The van der Waals surface area contributed by atoms with Crippen LogP contribution in [0.5, 0.6) is 0 Å². The second kappa shape index (κ2) is 10.0. The van der Waals surface area contributed by atoms with Gasteiger partial charge in [-0.2, -0.15) is 0 Å². The fraction of sp³-hybridized carbons (Fsp3) is 0.407. The van der Waals surface area contributed by atoms with Gasteiger partial charge in [-0.05, 0) is 55.7 Å². The molecule has 2 amide bonds. The first-order valence-corrected chi connectivity index (χ1v) is 11.7. The number of H-pyrrole nitrogens is 1. The highest BCUT2D eigenvalue weighted by atomic mass is 16.2. The Balaban J connectivity index is 1.56. The van der Waals surface area contributed by atoms with Gasteiger partial charge in [0, 0.05) is 18.2 Å². The molecule has 0 radical (unpaired) electrons. The third-order valence-corrected chi connectivity index (χ3v) is 6.50. The number of rotatable bonds is 6. The van der Waals surface area contributed by atoms with Gasteiger partial charge in [0.15, 0.2) is 0 Å². The van der Waals surface area contributed by atoms with Crippen molar-refractivity contribution in [3.63, 3.8) is 0 Å². The minimum Gasteiger partial charge on any atom is -0.335 e. The number of amides is 2. The Bertz CT molecular complexity index is 1150. The zero-order valence-corrected chi connectivity index (χ0v) is 19.1. The van der Waals surface area contributed by atoms with Crippen LogP contribution in [0.25, 0.3) is 10.9 Å². The maximum atomic E-state index is 13.2. The molecule has 0 saturated heterocycles. The predicted octanol–water partition coefficient (Wildman–Crippen LogP) is 5.23. The van der Waals surface area contributed by atoms with Gasteiger partial charge in [0.05, 0.1) is 12.1 Å². The molecular formula is C27H33N3O2. The second-order valence-electron chi connectivity index (χ2n) is 9.11. The topological polar surface area (TPSA) is 65.2 Å². The van der Waals surface area contributed by atoms with Gasteiger partial charge in [-0.15, -0.1) is 0 Å². The normalized spacial score (nSPS) is 14.4. The van der Waals surface area contributed by atoms with Crippen molar-refractivity contribution < 1.29 is 4.79 Å². The average Bonchev–Trinajstić information content (AvgIpc) is 2.78. The molecule has 2 N–H and O–H groups in total. The van der Waals surface area contributed by atoms with Crippen molar-refractivity contribution in [2.75, 3.05) is 6.54 Å². The number of nitrogens with one attached hydrogen (secondary N) is 2. The fourth-order valence-electron chi connectivity index (χ4n) is 4.65. The molecular weight excluding hydrogens is 398 g/mol. The van der Waals surface area contributed by atoms with E-state index in [0.717, 1.165) is 48.6 Å². The van der Waals surface area contributed by atoms with Crippen molar-refractivity contribution in [2.24, 2.45) is 0 Å². The van der Waals surface area contributed by atoms with Crippen LogP contribution in [0.2, 0.25) is 0 Å². The Morgan fingerprint density at radius 2 is 1.84 bits per heavy atom. The van der Waals surface area contributed by atoms with Crippen molar-refractivity contribution in [3.05, 3.63) is 81.1 Å². The minimum absolute atomic E-state index is 0.0757. The summed E-state index contributed by atoms with van der Waals surface area (Å²) in [5, 5.41) is 4.22. The van der Waals surface area contributed by atoms with Gasteiger partial charge in [-0.3, -0.25) is 4.79 Å². The number of nitrogens with zero attached hydrogens (tertiary/aromatic N) is 1. The van der Waals surface area contributed by atoms with E-state index in [9.17, 15) is 9.59 Å². The Morgan fingerprint density at radius 1 is 1.06 bits per heavy atom. The lowest BCUT2D eigenvalue weighted by Gasteiger charge is -2.28. The Hall–Kier alpha value is -3.08. The molecule has 3 aromatic rings. The summed E-state index contributed by atoms with van der Waals surface area (Å²) in [5.74, 6) is 0. The number of hydrogen-bond donors (Lipinski definition) is 2. The third kappa shape index (κ3) is 5.39. The number of aromatic amines is 1. The summed E-state index contributed by atoms with van der Waals surface area (Å²) in [6, 6.07) is 16.4. The van der Waals surface area contributed by atoms with E-state index in [1.165, 1.54) is 17.5 Å². The van der Waals surface area contributed by atoms with Gasteiger partial charge in [0.25, 0.3) is 5.56 Å². The predicted molar refractivity (Wildman–Crippen MR) is 130 cm³/mol. The number of aromatic nitrogens is 1. The molecule has 32 heavy (non-hydrogen) atoms. The molecule has 1 aliphatic rings. The van der Waals surface area contributed by atoms with Gasteiger partial charge < -0.3 is 15.2 Å². The Kier molecular flexibility index (Phi) is 6.93. The van der Waals surface area contributed by atoms with Gasteiger partial charge in [-0.25, -0.2) is 4.79 Å². The molecule has 168 valence electrons. The van der Waals surface area contributed by atoms with E-state index in [0.29, 0.717) is 18.7 Å². The summed E-state index contributed by atoms with van der Waals surface area (Å²) < 4.78 is 0. The van der Waals surface area contributed by atoms with Crippen LogP contribution in [-0.2, 0) is 13.0 Å². The highest BCUT2D eigenvalue weighted by molar-refractivity contribution is 5.82.